The van der Waals surface area contributed by atoms with Crippen molar-refractivity contribution in [1.29, 1.82) is 0 Å². The van der Waals surface area contributed by atoms with Crippen molar-refractivity contribution in [1.82, 2.24) is 15.3 Å². The highest BCUT2D eigenvalue weighted by molar-refractivity contribution is 7.12. The van der Waals surface area contributed by atoms with E-state index >= 15 is 0 Å². The van der Waals surface area contributed by atoms with Crippen LogP contribution in [0, 0.1) is 0 Å². The number of furan rings is 1. The summed E-state index contributed by atoms with van der Waals surface area (Å²) in [6.45, 7) is 0.455. The molecule has 2 amide bonds. The van der Waals surface area contributed by atoms with Gasteiger partial charge in [-0.25, -0.2) is 4.98 Å². The van der Waals surface area contributed by atoms with Gasteiger partial charge in [-0.15, -0.1) is 11.3 Å². The highest BCUT2D eigenvalue weighted by atomic mass is 32.1. The Morgan fingerprint density at radius 3 is 2.89 bits per heavy atom. The molecule has 3 heterocycles. The zero-order valence-corrected chi connectivity index (χ0v) is 15.7. The van der Waals surface area contributed by atoms with Crippen LogP contribution < -0.4 is 10.6 Å². The lowest BCUT2D eigenvalue weighted by molar-refractivity contribution is -0.116. The molecule has 0 unspecified atom stereocenters. The van der Waals surface area contributed by atoms with E-state index in [4.69, 9.17) is 4.42 Å². The molecule has 0 radical (unpaired) electrons. The lowest BCUT2D eigenvalue weighted by Crippen LogP contribution is -2.24. The molecule has 7 nitrogen and oxygen atoms in total. The molecule has 0 saturated carbocycles. The minimum atomic E-state index is -0.104. The van der Waals surface area contributed by atoms with Crippen molar-refractivity contribution in [3.05, 3.63) is 59.0 Å². The fourth-order valence-electron chi connectivity index (χ4n) is 2.79. The summed E-state index contributed by atoms with van der Waals surface area (Å²) in [6.07, 6.45) is 2.48. The van der Waals surface area contributed by atoms with Crippen LogP contribution in [0.15, 0.2) is 58.5 Å². The Labute approximate surface area is 164 Å². The molecule has 8 heteroatoms. The number of carbonyl (C=O) groups excluding carboxylic acids is 2. The lowest BCUT2D eigenvalue weighted by atomic mass is 10.2. The number of fused-ring (bicyclic) bond motifs is 1. The van der Waals surface area contributed by atoms with Gasteiger partial charge in [-0.05, 0) is 48.2 Å². The zero-order chi connectivity index (χ0) is 19.3. The second kappa shape index (κ2) is 8.10. The molecule has 0 bridgehead atoms. The zero-order valence-electron chi connectivity index (χ0n) is 14.9. The number of hydrogen-bond donors (Lipinski definition) is 3. The third-order valence-electron chi connectivity index (χ3n) is 4.13. The van der Waals surface area contributed by atoms with E-state index in [9.17, 15) is 9.59 Å². The van der Waals surface area contributed by atoms with Crippen molar-refractivity contribution in [2.24, 2.45) is 0 Å². The van der Waals surface area contributed by atoms with Gasteiger partial charge in [0.05, 0.1) is 22.2 Å². The third kappa shape index (κ3) is 4.12. The van der Waals surface area contributed by atoms with E-state index in [1.807, 2.05) is 35.7 Å². The molecule has 0 aliphatic carbocycles. The van der Waals surface area contributed by atoms with Crippen LogP contribution in [0.4, 0.5) is 5.69 Å². The van der Waals surface area contributed by atoms with Crippen molar-refractivity contribution in [2.45, 2.75) is 12.8 Å². The summed E-state index contributed by atoms with van der Waals surface area (Å²) in [5.74, 6) is 1.10. The number of carbonyl (C=O) groups is 2. The SMILES string of the molecule is O=C(CCCNC(=O)c1cccs1)Nc1ccc2nc(-c3ccco3)[nH]c2c1. The number of rotatable bonds is 7. The Hall–Kier alpha value is -3.39. The van der Waals surface area contributed by atoms with Crippen molar-refractivity contribution < 1.29 is 14.0 Å². The summed E-state index contributed by atoms with van der Waals surface area (Å²) >= 11 is 1.39. The van der Waals surface area contributed by atoms with Crippen LogP contribution in [0.1, 0.15) is 22.5 Å². The second-order valence-electron chi connectivity index (χ2n) is 6.18. The van der Waals surface area contributed by atoms with Gasteiger partial charge in [0.1, 0.15) is 0 Å². The fraction of sp³-hybridized carbons (Fsp3) is 0.150. The minimum absolute atomic E-state index is 0.101. The number of aromatic nitrogens is 2. The van der Waals surface area contributed by atoms with Gasteiger partial charge >= 0.3 is 0 Å². The maximum Gasteiger partial charge on any atom is 0.261 e. The third-order valence-corrected chi connectivity index (χ3v) is 5.00. The molecule has 142 valence electrons. The Morgan fingerprint density at radius 1 is 1.18 bits per heavy atom. The largest absolute Gasteiger partial charge is 0.461 e. The molecule has 4 aromatic rings. The minimum Gasteiger partial charge on any atom is -0.461 e. The molecular formula is C20H18N4O3S. The van der Waals surface area contributed by atoms with Gasteiger partial charge in [-0.3, -0.25) is 9.59 Å². The number of imidazole rings is 1. The van der Waals surface area contributed by atoms with Gasteiger partial charge in [0.2, 0.25) is 5.91 Å². The Morgan fingerprint density at radius 2 is 2.11 bits per heavy atom. The molecule has 1 aromatic carbocycles. The molecule has 0 saturated heterocycles. The number of benzene rings is 1. The number of nitrogens with one attached hydrogen (secondary N) is 3. The van der Waals surface area contributed by atoms with E-state index < -0.39 is 0 Å². The van der Waals surface area contributed by atoms with Crippen LogP contribution in [-0.4, -0.2) is 28.3 Å². The summed E-state index contributed by atoms with van der Waals surface area (Å²) in [4.78, 5) is 32.3. The van der Waals surface area contributed by atoms with E-state index in [2.05, 4.69) is 20.6 Å². The molecular weight excluding hydrogens is 376 g/mol. The number of hydrogen-bond acceptors (Lipinski definition) is 5. The predicted molar refractivity (Wildman–Crippen MR) is 108 cm³/mol. The maximum absolute atomic E-state index is 12.2. The Kier molecular flexibility index (Phi) is 5.20. The number of aromatic amines is 1. The van der Waals surface area contributed by atoms with Gasteiger partial charge in [0.25, 0.3) is 5.91 Å². The standard InChI is InChI=1S/C20H18N4O3S/c25-18(6-1-9-21-20(26)17-5-3-11-28-17)22-13-7-8-14-15(12-13)24-19(23-14)16-4-2-10-27-16/h2-5,7-8,10-12H,1,6,9H2,(H,21,26)(H,22,25)(H,23,24). The van der Waals surface area contributed by atoms with Crippen molar-refractivity contribution in [3.8, 4) is 11.6 Å². The smallest absolute Gasteiger partial charge is 0.261 e. The molecule has 0 aliphatic heterocycles. The summed E-state index contributed by atoms with van der Waals surface area (Å²) in [6, 6.07) is 12.7. The number of H-pyrrole nitrogens is 1. The average molecular weight is 394 g/mol. The van der Waals surface area contributed by atoms with Crippen molar-refractivity contribution in [2.75, 3.05) is 11.9 Å². The molecule has 3 N–H and O–H groups in total. The molecule has 0 spiro atoms. The Bertz CT molecular complexity index is 1080. The normalized spacial score (nSPS) is 10.9. The Balaban J connectivity index is 1.29. The second-order valence-corrected chi connectivity index (χ2v) is 7.13. The van der Waals surface area contributed by atoms with Gasteiger partial charge < -0.3 is 20.0 Å². The monoisotopic (exact) mass is 394 g/mol. The van der Waals surface area contributed by atoms with Crippen LogP contribution in [-0.2, 0) is 4.79 Å². The first-order chi connectivity index (χ1) is 13.7. The van der Waals surface area contributed by atoms with Crippen molar-refractivity contribution in [3.63, 3.8) is 0 Å². The lowest BCUT2D eigenvalue weighted by Gasteiger charge is -2.06. The van der Waals surface area contributed by atoms with Crippen LogP contribution in [0.5, 0.6) is 0 Å². The highest BCUT2D eigenvalue weighted by Crippen LogP contribution is 2.23. The first-order valence-corrected chi connectivity index (χ1v) is 9.72. The quantitative estimate of drug-likeness (QED) is 0.412. The summed E-state index contributed by atoms with van der Waals surface area (Å²) in [5.41, 5.74) is 2.29. The number of nitrogens with zero attached hydrogens (tertiary/aromatic N) is 1. The van der Waals surface area contributed by atoms with Crippen LogP contribution in [0.2, 0.25) is 0 Å². The number of anilines is 1. The average Bonchev–Trinajstić information content (AvgIpc) is 3.45. The topological polar surface area (TPSA) is 100 Å². The maximum atomic E-state index is 12.2. The summed E-state index contributed by atoms with van der Waals surface area (Å²) in [5, 5.41) is 7.54. The number of thiophene rings is 1. The van der Waals surface area contributed by atoms with Gasteiger partial charge in [0.15, 0.2) is 11.6 Å². The fourth-order valence-corrected chi connectivity index (χ4v) is 3.43. The summed E-state index contributed by atoms with van der Waals surface area (Å²) < 4.78 is 5.35. The van der Waals surface area contributed by atoms with Crippen LogP contribution in [0.25, 0.3) is 22.6 Å². The highest BCUT2D eigenvalue weighted by Gasteiger charge is 2.10. The molecule has 0 aliphatic rings. The first kappa shape index (κ1) is 18.0. The molecule has 0 fully saturated rings. The van der Waals surface area contributed by atoms with Crippen molar-refractivity contribution >= 4 is 39.9 Å². The van der Waals surface area contributed by atoms with Gasteiger partial charge in [0, 0.05) is 18.7 Å². The van der Waals surface area contributed by atoms with Crippen LogP contribution in [0.3, 0.4) is 0 Å². The van der Waals surface area contributed by atoms with Gasteiger partial charge in [-0.1, -0.05) is 6.07 Å². The van der Waals surface area contributed by atoms with E-state index in [1.165, 1.54) is 11.3 Å². The van der Waals surface area contributed by atoms with Crippen LogP contribution >= 0.6 is 11.3 Å². The first-order valence-electron chi connectivity index (χ1n) is 8.84. The number of amides is 2. The molecule has 3 aromatic heterocycles. The van der Waals surface area contributed by atoms with E-state index in [1.54, 1.807) is 18.4 Å². The summed E-state index contributed by atoms with van der Waals surface area (Å²) in [7, 11) is 0. The molecule has 4 rings (SSSR count). The molecule has 0 atom stereocenters. The predicted octanol–water partition coefficient (Wildman–Crippen LogP) is 4.03. The van der Waals surface area contributed by atoms with Gasteiger partial charge in [-0.2, -0.15) is 0 Å². The van der Waals surface area contributed by atoms with E-state index in [-0.39, 0.29) is 11.8 Å². The van der Waals surface area contributed by atoms with E-state index in [0.717, 1.165) is 11.0 Å². The molecule has 28 heavy (non-hydrogen) atoms. The van der Waals surface area contributed by atoms with E-state index in [0.29, 0.717) is 41.5 Å².